The second-order valence-corrected chi connectivity index (χ2v) is 6.14. The fourth-order valence-electron chi connectivity index (χ4n) is 2.73. The van der Waals surface area contributed by atoms with Gasteiger partial charge in [0.2, 0.25) is 23.6 Å². The number of nitrogens with one attached hydrogen (secondary N) is 2. The van der Waals surface area contributed by atoms with Gasteiger partial charge in [0.25, 0.3) is 0 Å². The van der Waals surface area contributed by atoms with Gasteiger partial charge in [-0.1, -0.05) is 13.0 Å². The maximum atomic E-state index is 12.0. The lowest BCUT2D eigenvalue weighted by molar-refractivity contribution is -0.139. The molecule has 0 bridgehead atoms. The number of phenols is 1. The first-order chi connectivity index (χ1) is 12.4. The van der Waals surface area contributed by atoms with E-state index in [-0.39, 0.29) is 67.6 Å². The first-order valence-electron chi connectivity index (χ1n) is 8.60. The quantitative estimate of drug-likeness (QED) is 0.598. The van der Waals surface area contributed by atoms with E-state index in [0.29, 0.717) is 12.1 Å². The van der Waals surface area contributed by atoms with Gasteiger partial charge in [-0.25, -0.2) is 0 Å². The van der Waals surface area contributed by atoms with E-state index in [2.05, 4.69) is 10.6 Å². The Morgan fingerprint density at radius 3 is 2.65 bits per heavy atom. The molecule has 0 aliphatic carbocycles. The first-order valence-corrected chi connectivity index (χ1v) is 8.60. The topological polar surface area (TPSA) is 116 Å². The summed E-state index contributed by atoms with van der Waals surface area (Å²) in [6, 6.07) is 6.17. The van der Waals surface area contributed by atoms with Gasteiger partial charge in [0.15, 0.2) is 0 Å². The Morgan fingerprint density at radius 1 is 1.23 bits per heavy atom. The van der Waals surface area contributed by atoms with Gasteiger partial charge in [-0.15, -0.1) is 0 Å². The number of benzene rings is 1. The monoisotopic (exact) mass is 361 g/mol. The van der Waals surface area contributed by atoms with Crippen LogP contribution in [-0.2, 0) is 19.2 Å². The van der Waals surface area contributed by atoms with Crippen molar-refractivity contribution >= 4 is 29.3 Å². The van der Waals surface area contributed by atoms with Crippen LogP contribution in [0.2, 0.25) is 0 Å². The molecule has 3 N–H and O–H groups in total. The molecule has 0 aromatic heterocycles. The molecule has 0 radical (unpaired) electrons. The molecule has 8 nitrogen and oxygen atoms in total. The minimum Gasteiger partial charge on any atom is -0.508 e. The lowest BCUT2D eigenvalue weighted by atomic mass is 10.1. The molecule has 0 spiro atoms. The summed E-state index contributed by atoms with van der Waals surface area (Å²) in [6.07, 6.45) is 0.913. The number of hydrogen-bond acceptors (Lipinski definition) is 5. The number of likely N-dealkylation sites (tertiary alicyclic amines) is 1. The van der Waals surface area contributed by atoms with Crippen LogP contribution in [0.1, 0.15) is 32.6 Å². The lowest BCUT2D eigenvalue weighted by Gasteiger charge is -2.14. The second kappa shape index (κ2) is 8.98. The van der Waals surface area contributed by atoms with E-state index < -0.39 is 0 Å². The molecule has 1 saturated heterocycles. The maximum absolute atomic E-state index is 12.0. The van der Waals surface area contributed by atoms with Crippen LogP contribution in [0, 0.1) is 5.92 Å². The van der Waals surface area contributed by atoms with Crippen molar-refractivity contribution in [2.45, 2.75) is 32.6 Å². The average Bonchev–Trinajstić information content (AvgIpc) is 2.86. The normalized spacial score (nSPS) is 16.7. The van der Waals surface area contributed by atoms with Crippen LogP contribution < -0.4 is 10.6 Å². The van der Waals surface area contributed by atoms with E-state index in [1.807, 2.05) is 6.92 Å². The molecule has 1 atom stereocenters. The molecule has 8 heteroatoms. The third-order valence-electron chi connectivity index (χ3n) is 4.20. The van der Waals surface area contributed by atoms with Gasteiger partial charge in [0.05, 0.1) is 0 Å². The van der Waals surface area contributed by atoms with Crippen LogP contribution >= 0.6 is 0 Å². The standard InChI is InChI=1S/C18H23N3O5/c1-2-12-10-17(25)21(18(12)26)9-7-15(23)19-8-6-16(24)20-13-4-3-5-14(22)11-13/h3-5,11-12,22H,2,6-10H2,1H3,(H,19,23)(H,20,24). The summed E-state index contributed by atoms with van der Waals surface area (Å²) < 4.78 is 0. The number of nitrogens with zero attached hydrogens (tertiary/aromatic N) is 1. The molecule has 1 aliphatic heterocycles. The van der Waals surface area contributed by atoms with Crippen molar-refractivity contribution < 1.29 is 24.3 Å². The molecular weight excluding hydrogens is 338 g/mol. The number of rotatable bonds is 8. The highest BCUT2D eigenvalue weighted by Gasteiger charge is 2.36. The molecule has 1 aromatic carbocycles. The van der Waals surface area contributed by atoms with Crippen LogP contribution in [0.15, 0.2) is 24.3 Å². The van der Waals surface area contributed by atoms with Crippen molar-refractivity contribution in [2.75, 3.05) is 18.4 Å². The third kappa shape index (κ3) is 5.30. The number of amides is 4. The molecule has 4 amide bonds. The summed E-state index contributed by atoms with van der Waals surface area (Å²) in [7, 11) is 0. The molecule has 140 valence electrons. The Balaban J connectivity index is 1.67. The molecule has 26 heavy (non-hydrogen) atoms. The summed E-state index contributed by atoms with van der Waals surface area (Å²) >= 11 is 0. The fourth-order valence-corrected chi connectivity index (χ4v) is 2.73. The molecule has 1 heterocycles. The van der Waals surface area contributed by atoms with Gasteiger partial charge >= 0.3 is 0 Å². The zero-order valence-electron chi connectivity index (χ0n) is 14.7. The zero-order valence-corrected chi connectivity index (χ0v) is 14.7. The smallest absolute Gasteiger partial charge is 0.232 e. The Labute approximate surface area is 151 Å². The fraction of sp³-hybridized carbons (Fsp3) is 0.444. The van der Waals surface area contributed by atoms with Gasteiger partial charge in [-0.3, -0.25) is 24.1 Å². The summed E-state index contributed by atoms with van der Waals surface area (Å²) in [5.41, 5.74) is 0.470. The van der Waals surface area contributed by atoms with Crippen LogP contribution in [0.4, 0.5) is 5.69 Å². The van der Waals surface area contributed by atoms with E-state index in [9.17, 15) is 24.3 Å². The van der Waals surface area contributed by atoms with Crippen molar-refractivity contribution in [2.24, 2.45) is 5.92 Å². The predicted molar refractivity (Wildman–Crippen MR) is 94.1 cm³/mol. The highest BCUT2D eigenvalue weighted by Crippen LogP contribution is 2.22. The highest BCUT2D eigenvalue weighted by molar-refractivity contribution is 6.03. The summed E-state index contributed by atoms with van der Waals surface area (Å²) in [6.45, 7) is 2.06. The van der Waals surface area contributed by atoms with Gasteiger partial charge in [-0.05, 0) is 18.6 Å². The van der Waals surface area contributed by atoms with Crippen LogP contribution in [0.25, 0.3) is 0 Å². The highest BCUT2D eigenvalue weighted by atomic mass is 16.3. The Morgan fingerprint density at radius 2 is 2.00 bits per heavy atom. The SMILES string of the molecule is CCC1CC(=O)N(CCC(=O)NCCC(=O)Nc2cccc(O)c2)C1=O. The van der Waals surface area contributed by atoms with Crippen molar-refractivity contribution in [1.82, 2.24) is 10.2 Å². The van der Waals surface area contributed by atoms with E-state index >= 15 is 0 Å². The van der Waals surface area contributed by atoms with Crippen molar-refractivity contribution in [1.29, 1.82) is 0 Å². The molecule has 1 fully saturated rings. The largest absolute Gasteiger partial charge is 0.508 e. The zero-order chi connectivity index (χ0) is 19.1. The molecule has 2 rings (SSSR count). The third-order valence-corrected chi connectivity index (χ3v) is 4.20. The maximum Gasteiger partial charge on any atom is 0.232 e. The van der Waals surface area contributed by atoms with Crippen LogP contribution in [-0.4, -0.2) is 46.7 Å². The van der Waals surface area contributed by atoms with E-state index in [1.54, 1.807) is 12.1 Å². The van der Waals surface area contributed by atoms with Gasteiger partial charge in [0, 0.05) is 50.0 Å². The number of phenolic OH excluding ortho intramolecular Hbond substituents is 1. The molecule has 1 unspecified atom stereocenters. The molecule has 1 aliphatic rings. The summed E-state index contributed by atoms with van der Waals surface area (Å²) in [4.78, 5) is 48.5. The van der Waals surface area contributed by atoms with Gasteiger partial charge in [0.1, 0.15) is 5.75 Å². The van der Waals surface area contributed by atoms with Crippen LogP contribution in [0.5, 0.6) is 5.75 Å². The van der Waals surface area contributed by atoms with E-state index in [1.165, 1.54) is 12.1 Å². The second-order valence-electron chi connectivity index (χ2n) is 6.14. The lowest BCUT2D eigenvalue weighted by Crippen LogP contribution is -2.35. The minimum absolute atomic E-state index is 0.0160. The number of hydrogen-bond donors (Lipinski definition) is 3. The number of anilines is 1. The summed E-state index contributed by atoms with van der Waals surface area (Å²) in [5, 5.41) is 14.5. The Hall–Kier alpha value is -2.90. The number of aromatic hydroxyl groups is 1. The van der Waals surface area contributed by atoms with Crippen LogP contribution in [0.3, 0.4) is 0 Å². The number of carbonyl (C=O) groups excluding carboxylic acids is 4. The molecule has 1 aromatic rings. The van der Waals surface area contributed by atoms with Crippen molar-refractivity contribution in [3.05, 3.63) is 24.3 Å². The van der Waals surface area contributed by atoms with Gasteiger partial charge < -0.3 is 15.7 Å². The van der Waals surface area contributed by atoms with E-state index in [0.717, 1.165) is 4.90 Å². The minimum atomic E-state index is -0.323. The number of carbonyl (C=O) groups is 4. The Kier molecular flexibility index (Phi) is 6.71. The van der Waals surface area contributed by atoms with Crippen molar-refractivity contribution in [3.8, 4) is 5.75 Å². The average molecular weight is 361 g/mol. The molecule has 0 saturated carbocycles. The number of imide groups is 1. The Bertz CT molecular complexity index is 704. The van der Waals surface area contributed by atoms with Crippen molar-refractivity contribution in [3.63, 3.8) is 0 Å². The van der Waals surface area contributed by atoms with Gasteiger partial charge in [-0.2, -0.15) is 0 Å². The first kappa shape index (κ1) is 19.4. The summed E-state index contributed by atoms with van der Waals surface area (Å²) in [5.74, 6) is -1.29. The predicted octanol–water partition coefficient (Wildman–Crippen LogP) is 1.01. The van der Waals surface area contributed by atoms with E-state index in [4.69, 9.17) is 0 Å². The molecular formula is C18H23N3O5.